The van der Waals surface area contributed by atoms with Gasteiger partial charge in [-0.05, 0) is 56.5 Å². The molecule has 2 N–H and O–H groups in total. The fraction of sp³-hybridized carbons (Fsp3) is 0.474. The van der Waals surface area contributed by atoms with Crippen LogP contribution in [0.2, 0.25) is 0 Å². The van der Waals surface area contributed by atoms with Crippen molar-refractivity contribution in [1.29, 1.82) is 0 Å². The minimum Gasteiger partial charge on any atom is -0.321 e. The summed E-state index contributed by atoms with van der Waals surface area (Å²) in [4.78, 5) is 34.6. The molecule has 10 heteroatoms. The molecule has 0 radical (unpaired) electrons. The molecule has 9 nitrogen and oxygen atoms in total. The van der Waals surface area contributed by atoms with Crippen molar-refractivity contribution in [3.8, 4) is 11.5 Å². The van der Waals surface area contributed by atoms with Crippen LogP contribution in [0.25, 0.3) is 22.6 Å². The summed E-state index contributed by atoms with van der Waals surface area (Å²) in [6.45, 7) is 5.71. The number of hydrogen-bond acceptors (Lipinski definition) is 7. The normalized spacial score (nSPS) is 12.1. The van der Waals surface area contributed by atoms with Gasteiger partial charge in [-0.1, -0.05) is 0 Å². The lowest BCUT2D eigenvalue weighted by Gasteiger charge is -2.18. The van der Waals surface area contributed by atoms with Crippen LogP contribution in [0.5, 0.6) is 0 Å². The topological polar surface area (TPSA) is 127 Å². The molecule has 29 heavy (non-hydrogen) atoms. The fourth-order valence-electron chi connectivity index (χ4n) is 3.21. The number of rotatable bonds is 8. The first-order chi connectivity index (χ1) is 13.7. The molecular weight excluding hydrogens is 394 g/mol. The number of fused-ring (bicyclic) bond motifs is 2. The zero-order valence-electron chi connectivity index (χ0n) is 16.8. The maximum Gasteiger partial charge on any atom is 0.349 e. The van der Waals surface area contributed by atoms with Crippen LogP contribution in [0.1, 0.15) is 24.0 Å². The van der Waals surface area contributed by atoms with Crippen LogP contribution >= 0.6 is 0 Å². The van der Waals surface area contributed by atoms with Gasteiger partial charge < -0.3 is 9.88 Å². The third-order valence-electron chi connectivity index (χ3n) is 4.86. The number of sulfone groups is 1. The zero-order valence-corrected chi connectivity index (χ0v) is 17.6. The lowest BCUT2D eigenvalue weighted by atomic mass is 10.1. The van der Waals surface area contributed by atoms with E-state index in [1.54, 1.807) is 0 Å². The molecule has 0 saturated carbocycles. The molecule has 1 aromatic carbocycles. The predicted molar refractivity (Wildman–Crippen MR) is 112 cm³/mol. The van der Waals surface area contributed by atoms with Crippen molar-refractivity contribution >= 4 is 20.9 Å². The molecule has 0 bridgehead atoms. The van der Waals surface area contributed by atoms with Gasteiger partial charge in [0.1, 0.15) is 9.84 Å². The Labute approximate surface area is 168 Å². The van der Waals surface area contributed by atoms with Crippen LogP contribution in [0.3, 0.4) is 0 Å². The van der Waals surface area contributed by atoms with Gasteiger partial charge in [0.2, 0.25) is 0 Å². The Morgan fingerprint density at radius 1 is 1.07 bits per heavy atom. The summed E-state index contributed by atoms with van der Waals surface area (Å²) in [6, 6.07) is 3.90. The van der Waals surface area contributed by atoms with E-state index < -0.39 is 21.1 Å². The van der Waals surface area contributed by atoms with Gasteiger partial charge in [0.05, 0.1) is 11.0 Å². The Bertz CT molecular complexity index is 1230. The number of nitrogens with one attached hydrogen (secondary N) is 2. The Balaban J connectivity index is 1.85. The summed E-state index contributed by atoms with van der Waals surface area (Å²) < 4.78 is 24.2. The Kier molecular flexibility index (Phi) is 6.13. The SMILES string of the molecule is Cc1cc2nc3c(=O)[nH]c(=O)nc-3n(CCNCCCCS(C)(=O)=O)c2cc1C. The van der Waals surface area contributed by atoms with E-state index in [-0.39, 0.29) is 17.3 Å². The fourth-order valence-corrected chi connectivity index (χ4v) is 3.93. The number of unbranched alkanes of at least 4 members (excludes halogenated alkanes) is 1. The summed E-state index contributed by atoms with van der Waals surface area (Å²) in [5, 5.41) is 3.28. The Hall–Kier alpha value is -2.59. The van der Waals surface area contributed by atoms with Crippen LogP contribution in [0.4, 0.5) is 0 Å². The van der Waals surface area contributed by atoms with Crippen LogP contribution in [0.15, 0.2) is 21.7 Å². The molecule has 0 aromatic heterocycles. The smallest absolute Gasteiger partial charge is 0.321 e. The van der Waals surface area contributed by atoms with Crippen molar-refractivity contribution in [3.63, 3.8) is 0 Å². The number of aromatic nitrogens is 4. The Morgan fingerprint density at radius 2 is 1.79 bits per heavy atom. The minimum atomic E-state index is -2.93. The van der Waals surface area contributed by atoms with E-state index in [1.807, 2.05) is 30.5 Å². The summed E-state index contributed by atoms with van der Waals surface area (Å²) >= 11 is 0. The molecule has 0 atom stereocenters. The highest BCUT2D eigenvalue weighted by Gasteiger charge is 2.18. The molecule has 0 fully saturated rings. The molecule has 1 aromatic rings. The Morgan fingerprint density at radius 3 is 2.52 bits per heavy atom. The van der Waals surface area contributed by atoms with Crippen molar-refractivity contribution in [2.24, 2.45) is 0 Å². The highest BCUT2D eigenvalue weighted by atomic mass is 32.2. The van der Waals surface area contributed by atoms with Crippen molar-refractivity contribution in [2.75, 3.05) is 25.1 Å². The first-order valence-corrected chi connectivity index (χ1v) is 11.5. The molecule has 0 aliphatic carbocycles. The highest BCUT2D eigenvalue weighted by Crippen LogP contribution is 2.23. The van der Waals surface area contributed by atoms with Gasteiger partial charge in [0, 0.05) is 25.1 Å². The molecule has 2 aliphatic rings. The van der Waals surface area contributed by atoms with Crippen LogP contribution < -0.4 is 16.6 Å². The standard InChI is InChI=1S/C19H25N5O4S/c1-12-10-14-15(11-13(12)2)24(8-7-20-6-4-5-9-29(3,27)28)17-16(21-14)18(25)23-19(26)22-17/h10-11,20H,4-9H2,1-3H3,(H,23,25,26). The third kappa shape index (κ3) is 5.07. The predicted octanol–water partition coefficient (Wildman–Crippen LogP) is 0.616. The molecule has 3 rings (SSSR count). The first kappa shape index (κ1) is 21.1. The molecule has 2 aliphatic heterocycles. The van der Waals surface area contributed by atoms with Gasteiger partial charge in [-0.2, -0.15) is 4.98 Å². The van der Waals surface area contributed by atoms with Gasteiger partial charge in [-0.25, -0.2) is 18.2 Å². The zero-order chi connectivity index (χ0) is 21.2. The summed E-state index contributed by atoms with van der Waals surface area (Å²) in [7, 11) is -2.93. The summed E-state index contributed by atoms with van der Waals surface area (Å²) in [5.41, 5.74) is 2.49. The van der Waals surface area contributed by atoms with Gasteiger partial charge in [0.25, 0.3) is 5.56 Å². The third-order valence-corrected chi connectivity index (χ3v) is 5.89. The minimum absolute atomic E-state index is 0.133. The number of hydrogen-bond donors (Lipinski definition) is 2. The molecule has 156 valence electrons. The quantitative estimate of drug-likeness (QED) is 0.405. The van der Waals surface area contributed by atoms with Crippen molar-refractivity contribution < 1.29 is 8.42 Å². The average Bonchev–Trinajstić information content (AvgIpc) is 2.61. The summed E-state index contributed by atoms with van der Waals surface area (Å²) in [5.74, 6) is 0.439. The van der Waals surface area contributed by atoms with Gasteiger partial charge in [-0.15, -0.1) is 0 Å². The monoisotopic (exact) mass is 419 g/mol. The number of H-pyrrole nitrogens is 1. The van der Waals surface area contributed by atoms with Crippen molar-refractivity contribution in [1.82, 2.24) is 24.8 Å². The molecular formula is C19H25N5O4S. The van der Waals surface area contributed by atoms with E-state index in [4.69, 9.17) is 0 Å². The van der Waals surface area contributed by atoms with E-state index >= 15 is 0 Å². The van der Waals surface area contributed by atoms with Gasteiger partial charge >= 0.3 is 5.69 Å². The first-order valence-electron chi connectivity index (χ1n) is 9.46. The number of benzene rings is 1. The highest BCUT2D eigenvalue weighted by molar-refractivity contribution is 7.90. The average molecular weight is 420 g/mol. The lowest BCUT2D eigenvalue weighted by molar-refractivity contribution is 0.575. The van der Waals surface area contributed by atoms with E-state index in [9.17, 15) is 18.0 Å². The summed E-state index contributed by atoms with van der Waals surface area (Å²) in [6.07, 6.45) is 2.59. The molecule has 0 amide bonds. The number of aromatic amines is 1. The van der Waals surface area contributed by atoms with Crippen molar-refractivity contribution in [3.05, 3.63) is 44.1 Å². The molecule has 0 spiro atoms. The van der Waals surface area contributed by atoms with Gasteiger partial charge in [0.15, 0.2) is 11.5 Å². The maximum atomic E-state index is 12.2. The number of nitrogens with zero attached hydrogens (tertiary/aromatic N) is 3. The van der Waals surface area contributed by atoms with Crippen molar-refractivity contribution in [2.45, 2.75) is 33.2 Å². The molecule has 0 saturated heterocycles. The number of aryl methyl sites for hydroxylation is 2. The largest absolute Gasteiger partial charge is 0.349 e. The van der Waals surface area contributed by atoms with Crippen LogP contribution in [-0.2, 0) is 16.4 Å². The second-order valence-corrected chi connectivity index (χ2v) is 9.58. The van der Waals surface area contributed by atoms with E-state index in [0.29, 0.717) is 31.6 Å². The lowest BCUT2D eigenvalue weighted by Crippen LogP contribution is -2.30. The molecule has 0 unspecified atom stereocenters. The second-order valence-electron chi connectivity index (χ2n) is 7.32. The van der Waals surface area contributed by atoms with E-state index in [0.717, 1.165) is 23.1 Å². The van der Waals surface area contributed by atoms with Crippen LogP contribution in [-0.4, -0.2) is 53.0 Å². The maximum absolute atomic E-state index is 12.2. The van der Waals surface area contributed by atoms with Gasteiger partial charge in [-0.3, -0.25) is 9.78 Å². The molecule has 2 heterocycles. The van der Waals surface area contributed by atoms with E-state index in [1.165, 1.54) is 6.26 Å². The van der Waals surface area contributed by atoms with E-state index in [2.05, 4.69) is 20.3 Å². The second kappa shape index (κ2) is 8.42. The van der Waals surface area contributed by atoms with Crippen LogP contribution in [0, 0.1) is 13.8 Å².